The summed E-state index contributed by atoms with van der Waals surface area (Å²) in [4.78, 5) is 25.6. The summed E-state index contributed by atoms with van der Waals surface area (Å²) in [5.41, 5.74) is 7.98. The molecule has 0 bridgehead atoms. The lowest BCUT2D eigenvalue weighted by Crippen LogP contribution is -2.16. The minimum atomic E-state index is -0.493. The highest BCUT2D eigenvalue weighted by Gasteiger charge is 2.23. The Morgan fingerprint density at radius 1 is 1.07 bits per heavy atom. The molecule has 0 spiro atoms. The number of benzene rings is 1. The van der Waals surface area contributed by atoms with Gasteiger partial charge in [-0.15, -0.1) is 11.3 Å². The fourth-order valence-corrected chi connectivity index (χ4v) is 5.04. The van der Waals surface area contributed by atoms with Crippen LogP contribution < -0.4 is 11.1 Å². The number of thiophene rings is 1. The van der Waals surface area contributed by atoms with E-state index in [9.17, 15) is 9.59 Å². The summed E-state index contributed by atoms with van der Waals surface area (Å²) in [5.74, 6) is 0.405. The van der Waals surface area contributed by atoms with Crippen LogP contribution in [-0.2, 0) is 17.6 Å². The van der Waals surface area contributed by atoms with E-state index in [0.29, 0.717) is 27.1 Å². The fourth-order valence-electron chi connectivity index (χ4n) is 3.61. The Morgan fingerprint density at radius 2 is 1.83 bits per heavy atom. The minimum Gasteiger partial charge on any atom is -0.457 e. The standard InChI is InChI=1S/C23H21ClN2O3S/c24-15-8-6-14(7-9-15)18-12-10-16(29-18)11-13-20(27)26-23-21(22(25)28)17-4-2-1-3-5-19(17)30-23/h6-13H,1-5H2,(H2,25,28)(H,26,27)/b13-11+. The smallest absolute Gasteiger partial charge is 0.251 e. The summed E-state index contributed by atoms with van der Waals surface area (Å²) in [6.45, 7) is 0. The molecule has 7 heteroatoms. The molecule has 0 fully saturated rings. The van der Waals surface area contributed by atoms with E-state index in [4.69, 9.17) is 21.8 Å². The van der Waals surface area contributed by atoms with E-state index in [1.54, 1.807) is 24.3 Å². The molecule has 1 aliphatic carbocycles. The van der Waals surface area contributed by atoms with Gasteiger partial charge in [0.05, 0.1) is 5.56 Å². The third kappa shape index (κ3) is 4.50. The van der Waals surface area contributed by atoms with Gasteiger partial charge in [0, 0.05) is 21.5 Å². The highest BCUT2D eigenvalue weighted by molar-refractivity contribution is 7.17. The summed E-state index contributed by atoms with van der Waals surface area (Å²) < 4.78 is 5.77. The van der Waals surface area contributed by atoms with Gasteiger partial charge in [0.1, 0.15) is 16.5 Å². The van der Waals surface area contributed by atoms with Gasteiger partial charge < -0.3 is 15.5 Å². The van der Waals surface area contributed by atoms with Crippen molar-refractivity contribution in [3.8, 4) is 11.3 Å². The van der Waals surface area contributed by atoms with Crippen LogP contribution in [0.5, 0.6) is 0 Å². The van der Waals surface area contributed by atoms with Gasteiger partial charge in [-0.3, -0.25) is 9.59 Å². The molecular formula is C23H21ClN2O3S. The van der Waals surface area contributed by atoms with Crippen LogP contribution in [0, 0.1) is 0 Å². The number of furan rings is 1. The van der Waals surface area contributed by atoms with Crippen LogP contribution in [0.4, 0.5) is 5.00 Å². The summed E-state index contributed by atoms with van der Waals surface area (Å²) in [5, 5.41) is 4.01. The molecule has 30 heavy (non-hydrogen) atoms. The maximum Gasteiger partial charge on any atom is 0.251 e. The monoisotopic (exact) mass is 440 g/mol. The van der Waals surface area contributed by atoms with Crippen LogP contribution in [-0.4, -0.2) is 11.8 Å². The van der Waals surface area contributed by atoms with E-state index < -0.39 is 5.91 Å². The van der Waals surface area contributed by atoms with Gasteiger partial charge in [-0.2, -0.15) is 0 Å². The van der Waals surface area contributed by atoms with Crippen molar-refractivity contribution in [1.82, 2.24) is 0 Å². The molecule has 154 valence electrons. The van der Waals surface area contributed by atoms with E-state index in [0.717, 1.165) is 48.1 Å². The molecule has 2 aromatic heterocycles. The van der Waals surface area contributed by atoms with Gasteiger partial charge in [-0.25, -0.2) is 0 Å². The minimum absolute atomic E-state index is 0.335. The summed E-state index contributed by atoms with van der Waals surface area (Å²) in [6.07, 6.45) is 8.00. The highest BCUT2D eigenvalue weighted by atomic mass is 35.5. The second kappa shape index (κ2) is 8.90. The summed E-state index contributed by atoms with van der Waals surface area (Å²) in [7, 11) is 0. The Kier molecular flexibility index (Phi) is 6.06. The van der Waals surface area contributed by atoms with Crippen molar-refractivity contribution < 1.29 is 14.0 Å². The summed E-state index contributed by atoms with van der Waals surface area (Å²) >= 11 is 7.37. The number of fused-ring (bicyclic) bond motifs is 1. The number of rotatable bonds is 5. The molecule has 0 saturated carbocycles. The SMILES string of the molecule is NC(=O)c1c(NC(=O)/C=C/c2ccc(-c3ccc(Cl)cc3)o2)sc2c1CCCCC2. The lowest BCUT2D eigenvalue weighted by molar-refractivity contribution is -0.111. The van der Waals surface area contributed by atoms with Gasteiger partial charge in [-0.1, -0.05) is 18.0 Å². The van der Waals surface area contributed by atoms with Gasteiger partial charge >= 0.3 is 0 Å². The third-order valence-corrected chi connectivity index (χ3v) is 6.52. The zero-order valence-corrected chi connectivity index (χ0v) is 17.8. The number of hydrogen-bond donors (Lipinski definition) is 2. The number of anilines is 1. The number of amides is 2. The van der Waals surface area contributed by atoms with Gasteiger partial charge in [0.2, 0.25) is 5.91 Å². The number of primary amides is 1. The van der Waals surface area contributed by atoms with Gasteiger partial charge in [-0.05, 0) is 73.7 Å². The lowest BCUT2D eigenvalue weighted by atomic mass is 10.1. The predicted molar refractivity (Wildman–Crippen MR) is 121 cm³/mol. The van der Waals surface area contributed by atoms with Crippen molar-refractivity contribution >= 4 is 45.8 Å². The first-order valence-corrected chi connectivity index (χ1v) is 11.0. The van der Waals surface area contributed by atoms with Crippen LogP contribution in [0.2, 0.25) is 5.02 Å². The zero-order chi connectivity index (χ0) is 21.1. The van der Waals surface area contributed by atoms with Crippen LogP contribution in [0.25, 0.3) is 17.4 Å². The van der Waals surface area contributed by atoms with Crippen molar-refractivity contribution in [2.45, 2.75) is 32.1 Å². The number of aryl methyl sites for hydroxylation is 1. The topological polar surface area (TPSA) is 85.3 Å². The number of nitrogens with two attached hydrogens (primary N) is 1. The molecule has 1 aliphatic rings. The molecule has 2 heterocycles. The van der Waals surface area contributed by atoms with Gasteiger partial charge in [0.15, 0.2) is 0 Å². The Bertz CT molecular complexity index is 1110. The highest BCUT2D eigenvalue weighted by Crippen LogP contribution is 2.37. The molecule has 3 N–H and O–H groups in total. The molecular weight excluding hydrogens is 420 g/mol. The van der Waals surface area contributed by atoms with Gasteiger partial charge in [0.25, 0.3) is 5.91 Å². The van der Waals surface area contributed by atoms with E-state index in [1.807, 2.05) is 18.2 Å². The quantitative estimate of drug-likeness (QED) is 0.395. The summed E-state index contributed by atoms with van der Waals surface area (Å²) in [6, 6.07) is 10.9. The molecule has 0 radical (unpaired) electrons. The number of hydrogen-bond acceptors (Lipinski definition) is 4. The van der Waals surface area contributed by atoms with Crippen LogP contribution in [0.15, 0.2) is 46.9 Å². The molecule has 0 saturated heterocycles. The molecule has 4 rings (SSSR count). The second-order valence-electron chi connectivity index (χ2n) is 7.16. The normalized spacial score (nSPS) is 13.8. The maximum atomic E-state index is 12.5. The fraction of sp³-hybridized carbons (Fsp3) is 0.217. The first-order chi connectivity index (χ1) is 14.5. The van der Waals surface area contributed by atoms with Crippen molar-refractivity contribution in [3.63, 3.8) is 0 Å². The molecule has 0 unspecified atom stereocenters. The number of carbonyl (C=O) groups excluding carboxylic acids is 2. The predicted octanol–water partition coefficient (Wildman–Crippen LogP) is 5.68. The largest absolute Gasteiger partial charge is 0.457 e. The van der Waals surface area contributed by atoms with E-state index in [1.165, 1.54) is 17.4 Å². The van der Waals surface area contributed by atoms with E-state index >= 15 is 0 Å². The average Bonchev–Trinajstić information content (AvgIpc) is 3.25. The molecule has 0 aliphatic heterocycles. The number of carbonyl (C=O) groups is 2. The van der Waals surface area contributed by atoms with Crippen molar-refractivity contribution in [1.29, 1.82) is 0 Å². The zero-order valence-electron chi connectivity index (χ0n) is 16.2. The molecule has 3 aromatic rings. The van der Waals surface area contributed by atoms with E-state index in [2.05, 4.69) is 5.32 Å². The third-order valence-electron chi connectivity index (χ3n) is 5.06. The second-order valence-corrected chi connectivity index (χ2v) is 8.71. The molecule has 0 atom stereocenters. The molecule has 2 amide bonds. The van der Waals surface area contributed by atoms with Crippen LogP contribution >= 0.6 is 22.9 Å². The number of halogens is 1. The van der Waals surface area contributed by atoms with Crippen molar-refractivity contribution in [2.75, 3.05) is 5.32 Å². The maximum absolute atomic E-state index is 12.5. The van der Waals surface area contributed by atoms with Crippen molar-refractivity contribution in [3.05, 3.63) is 69.3 Å². The molecule has 1 aromatic carbocycles. The molecule has 5 nitrogen and oxygen atoms in total. The van der Waals surface area contributed by atoms with Crippen LogP contribution in [0.3, 0.4) is 0 Å². The van der Waals surface area contributed by atoms with Crippen molar-refractivity contribution in [2.24, 2.45) is 5.73 Å². The Labute approximate surface area is 183 Å². The lowest BCUT2D eigenvalue weighted by Gasteiger charge is -2.04. The Balaban J connectivity index is 1.48. The number of nitrogens with one attached hydrogen (secondary N) is 1. The first-order valence-electron chi connectivity index (χ1n) is 9.80. The average molecular weight is 441 g/mol. The first kappa shape index (κ1) is 20.4. The Morgan fingerprint density at radius 3 is 2.60 bits per heavy atom. The van der Waals surface area contributed by atoms with Crippen LogP contribution in [0.1, 0.15) is 45.8 Å². The Hall–Kier alpha value is -2.83. The van der Waals surface area contributed by atoms with E-state index in [-0.39, 0.29) is 5.91 Å².